The molecule has 0 unspecified atom stereocenters. The molecule has 0 aliphatic carbocycles. The van der Waals surface area contributed by atoms with Gasteiger partial charge < -0.3 is 10.1 Å². The Morgan fingerprint density at radius 3 is 2.72 bits per heavy atom. The highest BCUT2D eigenvalue weighted by molar-refractivity contribution is 5.16. The molecule has 2 N–H and O–H groups in total. The van der Waals surface area contributed by atoms with Crippen molar-refractivity contribution < 1.29 is 10.1 Å². The van der Waals surface area contributed by atoms with Gasteiger partial charge in [-0.2, -0.15) is 0 Å². The predicted molar refractivity (Wildman–Crippen MR) is 74.4 cm³/mol. The average molecular weight is 248 g/mol. The fourth-order valence-electron chi connectivity index (χ4n) is 2.85. The molecule has 1 aromatic carbocycles. The van der Waals surface area contributed by atoms with Crippen LogP contribution in [0.25, 0.3) is 0 Å². The van der Waals surface area contributed by atoms with Gasteiger partial charge in [-0.05, 0) is 33.6 Å². The summed E-state index contributed by atoms with van der Waals surface area (Å²) in [6.45, 7) is 8.84. The van der Waals surface area contributed by atoms with Gasteiger partial charge in [0.25, 0.3) is 0 Å². The second kappa shape index (κ2) is 5.85. The third kappa shape index (κ3) is 3.82. The Morgan fingerprint density at radius 2 is 2.06 bits per heavy atom. The number of rotatable bonds is 4. The van der Waals surface area contributed by atoms with Gasteiger partial charge in [0.1, 0.15) is 6.04 Å². The van der Waals surface area contributed by atoms with E-state index in [2.05, 4.69) is 56.4 Å². The highest BCUT2D eigenvalue weighted by Crippen LogP contribution is 2.27. The predicted octanol–water partition coefficient (Wildman–Crippen LogP) is 2.52. The second-order valence-electron chi connectivity index (χ2n) is 6.14. The van der Waals surface area contributed by atoms with Gasteiger partial charge in [0.15, 0.2) is 0 Å². The SMILES string of the molecule is C[C@@H]([NH2+]C[C@H]1CCOC(C)(C)C1)c1ccccc1. The molecule has 0 radical (unpaired) electrons. The molecule has 2 atom stereocenters. The number of nitrogens with two attached hydrogens (primary N) is 1. The number of quaternary nitrogens is 1. The highest BCUT2D eigenvalue weighted by Gasteiger charge is 2.29. The molecular weight excluding hydrogens is 222 g/mol. The molecule has 1 saturated heterocycles. The lowest BCUT2D eigenvalue weighted by Crippen LogP contribution is -2.86. The molecule has 1 fully saturated rings. The summed E-state index contributed by atoms with van der Waals surface area (Å²) in [6.07, 6.45) is 2.40. The first-order valence-electron chi connectivity index (χ1n) is 7.09. The lowest BCUT2D eigenvalue weighted by Gasteiger charge is -2.35. The molecule has 1 aliphatic heterocycles. The van der Waals surface area contributed by atoms with Gasteiger partial charge in [-0.3, -0.25) is 0 Å². The summed E-state index contributed by atoms with van der Waals surface area (Å²) >= 11 is 0. The van der Waals surface area contributed by atoms with E-state index in [9.17, 15) is 0 Å². The van der Waals surface area contributed by atoms with Crippen LogP contribution in [0.5, 0.6) is 0 Å². The van der Waals surface area contributed by atoms with Crippen LogP contribution < -0.4 is 5.32 Å². The van der Waals surface area contributed by atoms with Crippen molar-refractivity contribution in [2.24, 2.45) is 5.92 Å². The molecule has 0 saturated carbocycles. The maximum absolute atomic E-state index is 5.77. The normalized spacial score (nSPS) is 24.7. The summed E-state index contributed by atoms with van der Waals surface area (Å²) in [5.74, 6) is 0.792. The smallest absolute Gasteiger partial charge is 0.109 e. The molecule has 2 heteroatoms. The lowest BCUT2D eigenvalue weighted by atomic mass is 9.88. The highest BCUT2D eigenvalue weighted by atomic mass is 16.5. The van der Waals surface area contributed by atoms with E-state index in [0.717, 1.165) is 12.5 Å². The van der Waals surface area contributed by atoms with Crippen LogP contribution in [0.2, 0.25) is 0 Å². The molecule has 1 heterocycles. The van der Waals surface area contributed by atoms with Gasteiger partial charge in [0.05, 0.1) is 12.1 Å². The van der Waals surface area contributed by atoms with E-state index in [1.54, 1.807) is 0 Å². The molecule has 1 aromatic rings. The molecule has 2 rings (SSSR count). The van der Waals surface area contributed by atoms with Gasteiger partial charge in [0, 0.05) is 18.1 Å². The van der Waals surface area contributed by atoms with Crippen LogP contribution in [0.4, 0.5) is 0 Å². The Labute approximate surface area is 111 Å². The summed E-state index contributed by atoms with van der Waals surface area (Å²) in [6, 6.07) is 11.3. The van der Waals surface area contributed by atoms with Crippen molar-refractivity contribution >= 4 is 0 Å². The molecule has 0 amide bonds. The second-order valence-corrected chi connectivity index (χ2v) is 6.14. The molecule has 0 spiro atoms. The van der Waals surface area contributed by atoms with Crippen LogP contribution in [-0.2, 0) is 4.74 Å². The average Bonchev–Trinajstić information content (AvgIpc) is 2.36. The summed E-state index contributed by atoms with van der Waals surface area (Å²) in [5.41, 5.74) is 1.50. The standard InChI is InChI=1S/C16H25NO/c1-13(15-7-5-4-6-8-15)17-12-14-9-10-18-16(2,3)11-14/h4-8,13-14,17H,9-12H2,1-3H3/p+1/t13-,14+/m1/s1. The number of hydrogen-bond donors (Lipinski definition) is 1. The minimum absolute atomic E-state index is 0.0761. The van der Waals surface area contributed by atoms with Crippen molar-refractivity contribution in [1.82, 2.24) is 0 Å². The first-order chi connectivity index (χ1) is 8.57. The van der Waals surface area contributed by atoms with Gasteiger partial charge >= 0.3 is 0 Å². The van der Waals surface area contributed by atoms with Crippen LogP contribution in [0.1, 0.15) is 45.2 Å². The molecular formula is C16H26NO+. The summed E-state index contributed by atoms with van der Waals surface area (Å²) in [5, 5.41) is 2.47. The van der Waals surface area contributed by atoms with Gasteiger partial charge in [-0.15, -0.1) is 0 Å². The van der Waals surface area contributed by atoms with Crippen molar-refractivity contribution in [2.75, 3.05) is 13.2 Å². The Bertz CT molecular complexity index is 361. The molecule has 0 aromatic heterocycles. The summed E-state index contributed by atoms with van der Waals surface area (Å²) in [4.78, 5) is 0. The van der Waals surface area contributed by atoms with E-state index in [4.69, 9.17) is 4.74 Å². The first-order valence-corrected chi connectivity index (χ1v) is 7.09. The zero-order chi connectivity index (χ0) is 13.0. The van der Waals surface area contributed by atoms with Crippen LogP contribution >= 0.6 is 0 Å². The van der Waals surface area contributed by atoms with Crippen molar-refractivity contribution in [3.8, 4) is 0 Å². The minimum Gasteiger partial charge on any atom is -0.376 e. The Balaban J connectivity index is 1.81. The zero-order valence-corrected chi connectivity index (χ0v) is 11.9. The quantitative estimate of drug-likeness (QED) is 0.870. The van der Waals surface area contributed by atoms with E-state index in [0.29, 0.717) is 6.04 Å². The van der Waals surface area contributed by atoms with E-state index < -0.39 is 0 Å². The molecule has 1 aliphatic rings. The first kappa shape index (κ1) is 13.6. The van der Waals surface area contributed by atoms with E-state index in [1.807, 2.05) is 0 Å². The van der Waals surface area contributed by atoms with E-state index in [-0.39, 0.29) is 5.60 Å². The van der Waals surface area contributed by atoms with Crippen molar-refractivity contribution in [1.29, 1.82) is 0 Å². The lowest BCUT2D eigenvalue weighted by molar-refractivity contribution is -0.698. The molecule has 0 bridgehead atoms. The Hall–Kier alpha value is -0.860. The maximum Gasteiger partial charge on any atom is 0.109 e. The van der Waals surface area contributed by atoms with Crippen molar-refractivity contribution in [2.45, 2.75) is 45.3 Å². The van der Waals surface area contributed by atoms with Gasteiger partial charge in [-0.25, -0.2) is 0 Å². The van der Waals surface area contributed by atoms with Crippen molar-refractivity contribution in [3.05, 3.63) is 35.9 Å². The topological polar surface area (TPSA) is 25.8 Å². The van der Waals surface area contributed by atoms with Crippen LogP contribution in [0, 0.1) is 5.92 Å². The van der Waals surface area contributed by atoms with Gasteiger partial charge in [-0.1, -0.05) is 30.3 Å². The fourth-order valence-corrected chi connectivity index (χ4v) is 2.85. The molecule has 2 nitrogen and oxygen atoms in total. The third-order valence-electron chi connectivity index (χ3n) is 3.95. The fraction of sp³-hybridized carbons (Fsp3) is 0.625. The van der Waals surface area contributed by atoms with Gasteiger partial charge in [0.2, 0.25) is 0 Å². The monoisotopic (exact) mass is 248 g/mol. The zero-order valence-electron chi connectivity index (χ0n) is 11.9. The third-order valence-corrected chi connectivity index (χ3v) is 3.95. The Kier molecular flexibility index (Phi) is 4.41. The van der Waals surface area contributed by atoms with E-state index >= 15 is 0 Å². The molecule has 100 valence electrons. The van der Waals surface area contributed by atoms with Crippen molar-refractivity contribution in [3.63, 3.8) is 0 Å². The Morgan fingerprint density at radius 1 is 1.33 bits per heavy atom. The number of hydrogen-bond acceptors (Lipinski definition) is 1. The van der Waals surface area contributed by atoms with Crippen LogP contribution in [0.15, 0.2) is 30.3 Å². The largest absolute Gasteiger partial charge is 0.376 e. The number of ether oxygens (including phenoxy) is 1. The number of benzene rings is 1. The maximum atomic E-state index is 5.77. The summed E-state index contributed by atoms with van der Waals surface area (Å²) in [7, 11) is 0. The van der Waals surface area contributed by atoms with Crippen LogP contribution in [0.3, 0.4) is 0 Å². The minimum atomic E-state index is 0.0761. The van der Waals surface area contributed by atoms with E-state index in [1.165, 1.54) is 24.9 Å². The van der Waals surface area contributed by atoms with Crippen LogP contribution in [-0.4, -0.2) is 18.8 Å². The molecule has 18 heavy (non-hydrogen) atoms. The summed E-state index contributed by atoms with van der Waals surface area (Å²) < 4.78 is 5.77.